The molecule has 0 saturated carbocycles. The van der Waals surface area contributed by atoms with Crippen molar-refractivity contribution in [3.8, 4) is 11.8 Å². The highest BCUT2D eigenvalue weighted by Gasteiger charge is 2.32. The van der Waals surface area contributed by atoms with Gasteiger partial charge < -0.3 is 15.0 Å². The van der Waals surface area contributed by atoms with Crippen molar-refractivity contribution in [2.75, 3.05) is 0 Å². The number of aromatic amines is 1. The van der Waals surface area contributed by atoms with E-state index in [0.29, 0.717) is 6.42 Å². The van der Waals surface area contributed by atoms with Crippen LogP contribution >= 0.6 is 0 Å². The SMILES string of the molecule is N#CCCCn1c(=O)cc(C(=O)NCc2ccccc2OC(F)(F)F)[nH]c1=O. The maximum absolute atomic E-state index is 12.4. The van der Waals surface area contributed by atoms with E-state index in [9.17, 15) is 27.6 Å². The van der Waals surface area contributed by atoms with Crippen LogP contribution in [0.2, 0.25) is 0 Å². The van der Waals surface area contributed by atoms with Crippen LogP contribution in [0, 0.1) is 11.3 Å². The Hall–Kier alpha value is -3.55. The van der Waals surface area contributed by atoms with Gasteiger partial charge in [-0.3, -0.25) is 14.2 Å². The summed E-state index contributed by atoms with van der Waals surface area (Å²) in [5, 5.41) is 10.8. The van der Waals surface area contributed by atoms with Crippen LogP contribution in [-0.4, -0.2) is 21.8 Å². The molecule has 1 amide bonds. The molecule has 0 spiro atoms. The maximum Gasteiger partial charge on any atom is 0.573 e. The number of amides is 1. The second kappa shape index (κ2) is 8.90. The normalized spacial score (nSPS) is 10.9. The average molecular weight is 396 g/mol. The maximum atomic E-state index is 12.4. The molecule has 0 aliphatic rings. The molecule has 8 nitrogen and oxygen atoms in total. The zero-order valence-corrected chi connectivity index (χ0v) is 14.4. The van der Waals surface area contributed by atoms with Crippen LogP contribution in [-0.2, 0) is 13.1 Å². The molecular formula is C17H15F3N4O4. The second-order valence-corrected chi connectivity index (χ2v) is 5.58. The van der Waals surface area contributed by atoms with Crippen molar-refractivity contribution in [3.05, 3.63) is 62.4 Å². The van der Waals surface area contributed by atoms with Crippen LogP contribution in [0.25, 0.3) is 0 Å². The molecule has 0 aliphatic heterocycles. The molecule has 0 atom stereocenters. The van der Waals surface area contributed by atoms with E-state index in [1.807, 2.05) is 6.07 Å². The van der Waals surface area contributed by atoms with E-state index in [2.05, 4.69) is 15.0 Å². The molecule has 0 unspecified atom stereocenters. The lowest BCUT2D eigenvalue weighted by molar-refractivity contribution is -0.274. The molecule has 148 valence electrons. The zero-order chi connectivity index (χ0) is 20.7. The Morgan fingerprint density at radius 3 is 2.64 bits per heavy atom. The fourth-order valence-corrected chi connectivity index (χ4v) is 2.32. The van der Waals surface area contributed by atoms with Gasteiger partial charge in [-0.15, -0.1) is 13.2 Å². The Morgan fingerprint density at radius 1 is 1.29 bits per heavy atom. The van der Waals surface area contributed by atoms with Gasteiger partial charge in [0.2, 0.25) is 0 Å². The third-order valence-electron chi connectivity index (χ3n) is 3.57. The molecule has 0 radical (unpaired) electrons. The molecule has 1 aromatic heterocycles. The standard InChI is InChI=1S/C17H15F3N4O4/c18-17(19,20)28-13-6-2-1-5-11(13)10-22-15(26)12-9-14(25)24(16(27)23-12)8-4-3-7-21/h1-2,5-6,9H,3-4,8,10H2,(H,22,26)(H,23,27). The Balaban J connectivity index is 2.12. The number of H-pyrrole nitrogens is 1. The smallest absolute Gasteiger partial charge is 0.405 e. The Morgan fingerprint density at radius 2 is 2.00 bits per heavy atom. The van der Waals surface area contributed by atoms with Crippen LogP contribution < -0.4 is 21.3 Å². The number of alkyl halides is 3. The third kappa shape index (κ3) is 5.73. The number of nitrogens with one attached hydrogen (secondary N) is 2. The predicted molar refractivity (Wildman–Crippen MR) is 90.5 cm³/mol. The number of carbonyl (C=O) groups is 1. The van der Waals surface area contributed by atoms with E-state index in [1.165, 1.54) is 18.2 Å². The third-order valence-corrected chi connectivity index (χ3v) is 3.57. The molecule has 0 fully saturated rings. The number of aromatic nitrogens is 2. The quantitative estimate of drug-likeness (QED) is 0.691. The highest BCUT2D eigenvalue weighted by molar-refractivity contribution is 5.92. The van der Waals surface area contributed by atoms with Crippen LogP contribution in [0.5, 0.6) is 5.75 Å². The molecule has 2 N–H and O–H groups in total. The average Bonchev–Trinajstić information content (AvgIpc) is 2.61. The van der Waals surface area contributed by atoms with Gasteiger partial charge in [0, 0.05) is 31.1 Å². The van der Waals surface area contributed by atoms with Crippen molar-refractivity contribution >= 4 is 5.91 Å². The van der Waals surface area contributed by atoms with Gasteiger partial charge in [-0.1, -0.05) is 18.2 Å². The Labute approximate surface area is 156 Å². The van der Waals surface area contributed by atoms with Crippen molar-refractivity contribution in [1.29, 1.82) is 5.26 Å². The molecule has 28 heavy (non-hydrogen) atoms. The second-order valence-electron chi connectivity index (χ2n) is 5.58. The lowest BCUT2D eigenvalue weighted by Gasteiger charge is -2.13. The van der Waals surface area contributed by atoms with E-state index in [-0.39, 0.29) is 30.8 Å². The first kappa shape index (κ1) is 20.8. The van der Waals surface area contributed by atoms with Gasteiger partial charge in [0.05, 0.1) is 6.07 Å². The van der Waals surface area contributed by atoms with E-state index >= 15 is 0 Å². The van der Waals surface area contributed by atoms with Gasteiger partial charge >= 0.3 is 12.1 Å². The van der Waals surface area contributed by atoms with Crippen molar-refractivity contribution in [3.63, 3.8) is 0 Å². The number of nitriles is 1. The molecule has 1 aromatic carbocycles. The predicted octanol–water partition coefficient (Wildman–Crippen LogP) is 1.67. The zero-order valence-electron chi connectivity index (χ0n) is 14.4. The number of ether oxygens (including phenoxy) is 1. The van der Waals surface area contributed by atoms with E-state index in [1.54, 1.807) is 0 Å². The minimum absolute atomic E-state index is 0.0196. The van der Waals surface area contributed by atoms with E-state index in [0.717, 1.165) is 16.7 Å². The largest absolute Gasteiger partial charge is 0.573 e. The molecule has 0 aliphatic carbocycles. The molecule has 11 heteroatoms. The number of nitrogens with zero attached hydrogens (tertiary/aromatic N) is 2. The first-order valence-corrected chi connectivity index (χ1v) is 8.04. The summed E-state index contributed by atoms with van der Waals surface area (Å²) >= 11 is 0. The number of carbonyl (C=O) groups excluding carboxylic acids is 1. The lowest BCUT2D eigenvalue weighted by Crippen LogP contribution is -2.38. The van der Waals surface area contributed by atoms with E-state index < -0.39 is 29.3 Å². The summed E-state index contributed by atoms with van der Waals surface area (Å²) in [6.45, 7) is -0.301. The number of hydrogen-bond acceptors (Lipinski definition) is 5. The molecule has 2 aromatic rings. The molecule has 1 heterocycles. The van der Waals surface area contributed by atoms with Crippen molar-refractivity contribution in [2.24, 2.45) is 0 Å². The highest BCUT2D eigenvalue weighted by atomic mass is 19.4. The fraction of sp³-hybridized carbons (Fsp3) is 0.294. The minimum atomic E-state index is -4.89. The van der Waals surface area contributed by atoms with Crippen molar-refractivity contribution < 1.29 is 22.7 Å². The highest BCUT2D eigenvalue weighted by Crippen LogP contribution is 2.26. The van der Waals surface area contributed by atoms with Crippen molar-refractivity contribution in [2.45, 2.75) is 32.3 Å². The first-order chi connectivity index (χ1) is 13.2. The number of unbranched alkanes of at least 4 members (excludes halogenated alkanes) is 1. The summed E-state index contributed by atoms with van der Waals surface area (Å²) in [5.41, 5.74) is -1.83. The minimum Gasteiger partial charge on any atom is -0.405 e. The van der Waals surface area contributed by atoms with Crippen molar-refractivity contribution in [1.82, 2.24) is 14.9 Å². The Kier molecular flexibility index (Phi) is 6.59. The Bertz CT molecular complexity index is 974. The van der Waals surface area contributed by atoms with E-state index in [4.69, 9.17) is 5.26 Å². The van der Waals surface area contributed by atoms with Crippen LogP contribution in [0.4, 0.5) is 13.2 Å². The molecule has 2 rings (SSSR count). The number of rotatable bonds is 7. The number of halogens is 3. The monoisotopic (exact) mass is 396 g/mol. The number of benzene rings is 1. The van der Waals surface area contributed by atoms with Gasteiger partial charge in [-0.05, 0) is 12.5 Å². The molecule has 0 saturated heterocycles. The summed E-state index contributed by atoms with van der Waals surface area (Å²) in [5.74, 6) is -1.32. The van der Waals surface area contributed by atoms with Gasteiger partial charge in [0.25, 0.3) is 11.5 Å². The molecule has 0 bridgehead atoms. The summed E-state index contributed by atoms with van der Waals surface area (Å²) in [7, 11) is 0. The van der Waals surface area contributed by atoms with Crippen LogP contribution in [0.15, 0.2) is 39.9 Å². The lowest BCUT2D eigenvalue weighted by atomic mass is 10.2. The summed E-state index contributed by atoms with van der Waals surface area (Å²) in [6, 6.07) is 8.03. The first-order valence-electron chi connectivity index (χ1n) is 8.04. The fourth-order valence-electron chi connectivity index (χ4n) is 2.32. The summed E-state index contributed by atoms with van der Waals surface area (Å²) in [4.78, 5) is 38.3. The van der Waals surface area contributed by atoms with Gasteiger partial charge in [-0.25, -0.2) is 4.79 Å². The summed E-state index contributed by atoms with van der Waals surface area (Å²) < 4.78 is 42.0. The number of hydrogen-bond donors (Lipinski definition) is 2. The summed E-state index contributed by atoms with van der Waals surface area (Å²) in [6.07, 6.45) is -4.43. The topological polar surface area (TPSA) is 117 Å². The van der Waals surface area contributed by atoms with Gasteiger partial charge in [0.1, 0.15) is 11.4 Å². The van der Waals surface area contributed by atoms with Crippen LogP contribution in [0.3, 0.4) is 0 Å². The van der Waals surface area contributed by atoms with Gasteiger partial charge in [0.15, 0.2) is 0 Å². The van der Waals surface area contributed by atoms with Gasteiger partial charge in [-0.2, -0.15) is 5.26 Å². The number of para-hydroxylation sites is 1. The molecular weight excluding hydrogens is 381 g/mol. The van der Waals surface area contributed by atoms with Crippen LogP contribution in [0.1, 0.15) is 28.9 Å².